The highest BCUT2D eigenvalue weighted by Gasteiger charge is 2.08. The van der Waals surface area contributed by atoms with E-state index in [9.17, 15) is 4.21 Å². The van der Waals surface area contributed by atoms with Gasteiger partial charge < -0.3 is 5.73 Å². The molecule has 0 spiro atoms. The van der Waals surface area contributed by atoms with E-state index < -0.39 is 10.8 Å². The van der Waals surface area contributed by atoms with E-state index in [0.717, 1.165) is 28.1 Å². The highest BCUT2D eigenvalue weighted by atomic mass is 32.2. The second-order valence-corrected chi connectivity index (χ2v) is 6.31. The van der Waals surface area contributed by atoms with Crippen LogP contribution in [0, 0.1) is 13.8 Å². The Labute approximate surface area is 117 Å². The van der Waals surface area contributed by atoms with Crippen LogP contribution in [0.15, 0.2) is 47.4 Å². The molecule has 0 heterocycles. The predicted molar refractivity (Wildman–Crippen MR) is 81.7 cm³/mol. The number of para-hydroxylation sites is 1. The van der Waals surface area contributed by atoms with Crippen molar-refractivity contribution in [1.29, 1.82) is 0 Å². The van der Waals surface area contributed by atoms with E-state index >= 15 is 0 Å². The fourth-order valence-electron chi connectivity index (χ4n) is 2.13. The number of hydrogen-bond acceptors (Lipinski definition) is 2. The Hall–Kier alpha value is -1.61. The van der Waals surface area contributed by atoms with E-state index in [4.69, 9.17) is 5.73 Å². The topological polar surface area (TPSA) is 43.1 Å². The van der Waals surface area contributed by atoms with Crippen LogP contribution in [0.4, 0.5) is 5.69 Å². The van der Waals surface area contributed by atoms with Crippen molar-refractivity contribution < 1.29 is 4.21 Å². The lowest BCUT2D eigenvalue weighted by molar-refractivity contribution is 0.682. The molecular weight excluding hydrogens is 254 g/mol. The highest BCUT2D eigenvalue weighted by Crippen LogP contribution is 2.17. The van der Waals surface area contributed by atoms with Gasteiger partial charge in [-0.25, -0.2) is 0 Å². The van der Waals surface area contributed by atoms with Crippen LogP contribution in [0.5, 0.6) is 0 Å². The summed E-state index contributed by atoms with van der Waals surface area (Å²) in [5.41, 5.74) is 10.0. The number of rotatable bonds is 4. The van der Waals surface area contributed by atoms with Crippen LogP contribution in [-0.2, 0) is 17.2 Å². The summed E-state index contributed by atoms with van der Waals surface area (Å²) in [5.74, 6) is 0.609. The van der Waals surface area contributed by atoms with Gasteiger partial charge in [0.2, 0.25) is 0 Å². The van der Waals surface area contributed by atoms with Crippen molar-refractivity contribution in [3.63, 3.8) is 0 Å². The molecule has 0 aromatic heterocycles. The molecule has 0 saturated heterocycles. The zero-order chi connectivity index (χ0) is 13.8. The molecule has 2 nitrogen and oxygen atoms in total. The van der Waals surface area contributed by atoms with E-state index in [0.29, 0.717) is 5.75 Å². The van der Waals surface area contributed by atoms with Crippen LogP contribution in [0.2, 0.25) is 0 Å². The standard InChI is InChI=1S/C16H19NOS/c1-12-7-8-16(13(2)11-12)19(18)10-9-14-5-3-4-6-15(14)17/h3-8,11H,9-10,17H2,1-2H3. The van der Waals surface area contributed by atoms with Crippen LogP contribution >= 0.6 is 0 Å². The third-order valence-electron chi connectivity index (χ3n) is 3.19. The van der Waals surface area contributed by atoms with Gasteiger partial charge in [0.05, 0.1) is 10.8 Å². The van der Waals surface area contributed by atoms with Gasteiger partial charge in [-0.1, -0.05) is 35.9 Å². The number of nitrogen functional groups attached to an aromatic ring is 1. The number of aryl methyl sites for hydroxylation is 3. The number of nitrogens with two attached hydrogens (primary N) is 1. The van der Waals surface area contributed by atoms with Gasteiger partial charge >= 0.3 is 0 Å². The van der Waals surface area contributed by atoms with Crippen molar-refractivity contribution in [2.24, 2.45) is 0 Å². The predicted octanol–water partition coefficient (Wildman–Crippen LogP) is 3.24. The molecule has 2 aromatic rings. The summed E-state index contributed by atoms with van der Waals surface area (Å²) in [6, 6.07) is 13.8. The van der Waals surface area contributed by atoms with Crippen molar-refractivity contribution in [2.45, 2.75) is 25.2 Å². The van der Waals surface area contributed by atoms with Crippen LogP contribution in [0.1, 0.15) is 16.7 Å². The monoisotopic (exact) mass is 273 g/mol. The lowest BCUT2D eigenvalue weighted by Gasteiger charge is -2.08. The van der Waals surface area contributed by atoms with Gasteiger partial charge in [0.15, 0.2) is 0 Å². The quantitative estimate of drug-likeness (QED) is 0.869. The lowest BCUT2D eigenvalue weighted by Crippen LogP contribution is -2.05. The summed E-state index contributed by atoms with van der Waals surface area (Å²) in [6.07, 6.45) is 0.743. The Bertz CT molecular complexity index is 607. The van der Waals surface area contributed by atoms with Crippen LogP contribution in [0.3, 0.4) is 0 Å². The Morgan fingerprint density at radius 1 is 1.11 bits per heavy atom. The molecule has 0 aliphatic heterocycles. The maximum atomic E-state index is 12.3. The molecule has 100 valence electrons. The summed E-state index contributed by atoms with van der Waals surface area (Å²) in [4.78, 5) is 0.931. The van der Waals surface area contributed by atoms with Crippen molar-refractivity contribution in [3.8, 4) is 0 Å². The SMILES string of the molecule is Cc1ccc(S(=O)CCc2ccccc2N)c(C)c1. The summed E-state index contributed by atoms with van der Waals surface area (Å²) in [5, 5.41) is 0. The molecule has 0 aliphatic rings. The number of anilines is 1. The van der Waals surface area contributed by atoms with Gasteiger partial charge in [-0.2, -0.15) is 0 Å². The molecule has 0 saturated carbocycles. The minimum absolute atomic E-state index is 0.609. The van der Waals surface area contributed by atoms with Crippen molar-refractivity contribution in [3.05, 3.63) is 59.2 Å². The van der Waals surface area contributed by atoms with Gasteiger partial charge in [-0.05, 0) is 43.5 Å². The molecule has 1 atom stereocenters. The average Bonchev–Trinajstić information content (AvgIpc) is 2.37. The van der Waals surface area contributed by atoms with E-state index in [2.05, 4.69) is 6.07 Å². The normalized spacial score (nSPS) is 12.3. The molecule has 19 heavy (non-hydrogen) atoms. The van der Waals surface area contributed by atoms with E-state index in [1.165, 1.54) is 5.56 Å². The van der Waals surface area contributed by atoms with E-state index in [1.807, 2.05) is 50.2 Å². The number of benzene rings is 2. The fourth-order valence-corrected chi connectivity index (χ4v) is 3.39. The Morgan fingerprint density at radius 2 is 1.84 bits per heavy atom. The van der Waals surface area contributed by atoms with Crippen LogP contribution in [-0.4, -0.2) is 9.96 Å². The van der Waals surface area contributed by atoms with Crippen LogP contribution in [0.25, 0.3) is 0 Å². The summed E-state index contributed by atoms with van der Waals surface area (Å²) < 4.78 is 12.3. The molecule has 0 bridgehead atoms. The number of hydrogen-bond donors (Lipinski definition) is 1. The first kappa shape index (κ1) is 13.8. The molecule has 1 unspecified atom stereocenters. The van der Waals surface area contributed by atoms with Crippen molar-refractivity contribution in [2.75, 3.05) is 11.5 Å². The molecule has 0 fully saturated rings. The lowest BCUT2D eigenvalue weighted by atomic mass is 10.1. The minimum Gasteiger partial charge on any atom is -0.399 e. The molecule has 2 aromatic carbocycles. The minimum atomic E-state index is -0.968. The maximum Gasteiger partial charge on any atom is 0.0535 e. The third-order valence-corrected chi connectivity index (χ3v) is 4.71. The first-order valence-corrected chi connectivity index (χ1v) is 7.69. The van der Waals surface area contributed by atoms with Crippen LogP contribution < -0.4 is 5.73 Å². The van der Waals surface area contributed by atoms with Gasteiger partial charge in [0, 0.05) is 16.3 Å². The maximum absolute atomic E-state index is 12.3. The third kappa shape index (κ3) is 3.44. The van der Waals surface area contributed by atoms with Gasteiger partial charge in [0.1, 0.15) is 0 Å². The molecule has 0 radical (unpaired) electrons. The fraction of sp³-hybridized carbons (Fsp3) is 0.250. The van der Waals surface area contributed by atoms with Gasteiger partial charge in [0.25, 0.3) is 0 Å². The van der Waals surface area contributed by atoms with Gasteiger partial charge in [-0.3, -0.25) is 4.21 Å². The molecule has 2 N–H and O–H groups in total. The molecule has 3 heteroatoms. The molecular formula is C16H19NOS. The highest BCUT2D eigenvalue weighted by molar-refractivity contribution is 7.85. The molecule has 2 rings (SSSR count). The van der Waals surface area contributed by atoms with E-state index in [-0.39, 0.29) is 0 Å². The summed E-state index contributed by atoms with van der Waals surface area (Å²) in [6.45, 7) is 4.06. The summed E-state index contributed by atoms with van der Waals surface area (Å²) in [7, 11) is -0.968. The average molecular weight is 273 g/mol. The van der Waals surface area contributed by atoms with Crippen molar-refractivity contribution >= 4 is 16.5 Å². The Balaban J connectivity index is 2.08. The largest absolute Gasteiger partial charge is 0.399 e. The second-order valence-electron chi connectivity index (χ2n) is 4.77. The molecule has 0 aliphatic carbocycles. The molecule has 0 amide bonds. The summed E-state index contributed by atoms with van der Waals surface area (Å²) >= 11 is 0. The van der Waals surface area contributed by atoms with Crippen molar-refractivity contribution in [1.82, 2.24) is 0 Å². The zero-order valence-electron chi connectivity index (χ0n) is 11.3. The second kappa shape index (κ2) is 6.02. The first-order chi connectivity index (χ1) is 9.08. The Kier molecular flexibility index (Phi) is 4.38. The first-order valence-electron chi connectivity index (χ1n) is 6.37. The Morgan fingerprint density at radius 3 is 2.53 bits per heavy atom. The zero-order valence-corrected chi connectivity index (χ0v) is 12.2. The van der Waals surface area contributed by atoms with Gasteiger partial charge in [-0.15, -0.1) is 0 Å². The van der Waals surface area contributed by atoms with E-state index in [1.54, 1.807) is 0 Å². The smallest absolute Gasteiger partial charge is 0.0535 e.